The number of amides is 2. The van der Waals surface area contributed by atoms with Gasteiger partial charge in [0.25, 0.3) is 0 Å². The van der Waals surface area contributed by atoms with Crippen molar-refractivity contribution in [3.8, 4) is 0 Å². The van der Waals surface area contributed by atoms with Crippen molar-refractivity contribution in [1.29, 1.82) is 0 Å². The molecule has 0 unspecified atom stereocenters. The normalized spacial score (nSPS) is 42.6. The van der Waals surface area contributed by atoms with Crippen LogP contribution in [0.5, 0.6) is 0 Å². The van der Waals surface area contributed by atoms with Gasteiger partial charge in [-0.25, -0.2) is 4.90 Å². The van der Waals surface area contributed by atoms with Gasteiger partial charge in [0.05, 0.1) is 11.8 Å². The van der Waals surface area contributed by atoms with Crippen molar-refractivity contribution < 1.29 is 14.1 Å². The Morgan fingerprint density at radius 3 is 2.20 bits per heavy atom. The predicted molar refractivity (Wildman–Crippen MR) is 77.7 cm³/mol. The average molecular weight is 404 g/mol. The molecule has 106 valence electrons. The largest absolute Gasteiger partial charge is 0.360 e. The lowest BCUT2D eigenvalue weighted by atomic mass is 9.81. The predicted octanol–water partition coefficient (Wildman–Crippen LogP) is 2.27. The number of halogens is 2. The Hall–Kier alpha value is -0.690. The summed E-state index contributed by atoms with van der Waals surface area (Å²) in [5, 5.41) is 3.82. The molecule has 20 heavy (non-hydrogen) atoms. The van der Waals surface area contributed by atoms with E-state index in [1.807, 2.05) is 0 Å². The molecule has 0 N–H and O–H groups in total. The van der Waals surface area contributed by atoms with Gasteiger partial charge in [-0.3, -0.25) is 9.59 Å². The topological polar surface area (TPSA) is 63.4 Å². The number of carbonyl (C=O) groups is 2. The van der Waals surface area contributed by atoms with E-state index in [0.717, 1.165) is 6.42 Å². The van der Waals surface area contributed by atoms with Gasteiger partial charge in [0.15, 0.2) is 5.82 Å². The summed E-state index contributed by atoms with van der Waals surface area (Å²) in [7, 11) is 0. The monoisotopic (exact) mass is 402 g/mol. The van der Waals surface area contributed by atoms with Crippen molar-refractivity contribution in [3.63, 3.8) is 0 Å². The first-order valence-electron chi connectivity index (χ1n) is 6.60. The van der Waals surface area contributed by atoms with Gasteiger partial charge in [-0.05, 0) is 25.2 Å². The third-order valence-corrected chi connectivity index (χ3v) is 8.04. The van der Waals surface area contributed by atoms with Gasteiger partial charge in [-0.1, -0.05) is 37.0 Å². The summed E-state index contributed by atoms with van der Waals surface area (Å²) in [5.74, 6) is 0.716. The van der Waals surface area contributed by atoms with Crippen LogP contribution in [0.4, 0.5) is 5.82 Å². The molecule has 4 rings (SSSR count). The van der Waals surface area contributed by atoms with Crippen LogP contribution in [0.3, 0.4) is 0 Å². The van der Waals surface area contributed by atoms with Gasteiger partial charge >= 0.3 is 0 Å². The van der Waals surface area contributed by atoms with Crippen LogP contribution < -0.4 is 4.90 Å². The molecule has 2 amide bonds. The minimum absolute atomic E-state index is 0.121. The molecule has 2 heterocycles. The van der Waals surface area contributed by atoms with Crippen LogP contribution in [0, 0.1) is 30.6 Å². The second-order valence-corrected chi connectivity index (χ2v) is 7.93. The average Bonchev–Trinajstić information content (AvgIpc) is 3.10. The van der Waals surface area contributed by atoms with E-state index < -0.39 is 0 Å². The van der Waals surface area contributed by atoms with E-state index in [4.69, 9.17) is 4.52 Å². The fourth-order valence-electron chi connectivity index (χ4n) is 4.03. The first-order valence-corrected chi connectivity index (χ1v) is 8.43. The summed E-state index contributed by atoms with van der Waals surface area (Å²) < 4.78 is 4.99. The van der Waals surface area contributed by atoms with Crippen LogP contribution in [0.2, 0.25) is 0 Å². The number of fused-ring (bicyclic) bond motifs is 5. The number of carbonyl (C=O) groups excluding carboxylic acids is 2. The molecular formula is C13H12Br2N2O3. The summed E-state index contributed by atoms with van der Waals surface area (Å²) in [6.07, 6.45) is 0.935. The fraction of sp³-hybridized carbons (Fsp3) is 0.615. The second kappa shape index (κ2) is 4.16. The van der Waals surface area contributed by atoms with E-state index >= 15 is 0 Å². The molecule has 1 aromatic rings. The maximum Gasteiger partial charge on any atom is 0.239 e. The van der Waals surface area contributed by atoms with Crippen molar-refractivity contribution in [1.82, 2.24) is 5.16 Å². The standard InChI is InChI=1S/C13H12Br2N2O3/c1-4-2-7(16-20-4)17-12(18)8-5-3-6(9(8)13(17)19)11(15)10(5)14/h2,5-6,8-11H,3H2,1H3/t5-,6-,8-,9-,10-,11+/m1/s1. The van der Waals surface area contributed by atoms with Crippen LogP contribution in [0.25, 0.3) is 0 Å². The number of rotatable bonds is 1. The molecule has 2 aliphatic carbocycles. The van der Waals surface area contributed by atoms with E-state index in [1.54, 1.807) is 13.0 Å². The van der Waals surface area contributed by atoms with Crippen LogP contribution in [-0.4, -0.2) is 26.6 Å². The maximum atomic E-state index is 12.6. The molecule has 2 bridgehead atoms. The van der Waals surface area contributed by atoms with E-state index in [-0.39, 0.29) is 45.1 Å². The number of nitrogens with zero attached hydrogens (tertiary/aromatic N) is 2. The lowest BCUT2D eigenvalue weighted by molar-refractivity contribution is -0.123. The van der Waals surface area contributed by atoms with Crippen molar-refractivity contribution in [2.75, 3.05) is 4.90 Å². The molecular weight excluding hydrogens is 392 g/mol. The lowest BCUT2D eigenvalue weighted by Crippen LogP contribution is -2.37. The van der Waals surface area contributed by atoms with Crippen LogP contribution in [-0.2, 0) is 9.59 Å². The third kappa shape index (κ3) is 1.45. The highest BCUT2D eigenvalue weighted by Gasteiger charge is 2.66. The quantitative estimate of drug-likeness (QED) is 0.533. The van der Waals surface area contributed by atoms with Crippen LogP contribution in [0.15, 0.2) is 10.6 Å². The first-order chi connectivity index (χ1) is 9.50. The Labute approximate surface area is 132 Å². The summed E-state index contributed by atoms with van der Waals surface area (Å²) in [6, 6.07) is 1.63. The van der Waals surface area contributed by atoms with Gasteiger partial charge in [-0.2, -0.15) is 0 Å². The zero-order chi connectivity index (χ0) is 14.2. The number of hydrogen-bond acceptors (Lipinski definition) is 4. The van der Waals surface area contributed by atoms with E-state index in [2.05, 4.69) is 37.0 Å². The summed E-state index contributed by atoms with van der Waals surface area (Å²) in [5.41, 5.74) is 0. The highest BCUT2D eigenvalue weighted by molar-refractivity contribution is 9.12. The zero-order valence-corrected chi connectivity index (χ0v) is 13.8. The highest BCUT2D eigenvalue weighted by atomic mass is 79.9. The number of anilines is 1. The smallest absolute Gasteiger partial charge is 0.239 e. The molecule has 6 atom stereocenters. The molecule has 1 aliphatic heterocycles. The molecule has 3 aliphatic rings. The molecule has 5 nitrogen and oxygen atoms in total. The number of imide groups is 1. The van der Waals surface area contributed by atoms with E-state index in [0.29, 0.717) is 11.6 Å². The molecule has 0 aromatic carbocycles. The lowest BCUT2D eigenvalue weighted by Gasteiger charge is -2.28. The third-order valence-electron chi connectivity index (χ3n) is 4.83. The molecule has 3 fully saturated rings. The molecule has 1 saturated heterocycles. The second-order valence-electron chi connectivity index (χ2n) is 5.81. The van der Waals surface area contributed by atoms with Gasteiger partial charge in [0.1, 0.15) is 5.76 Å². The highest BCUT2D eigenvalue weighted by Crippen LogP contribution is 2.60. The van der Waals surface area contributed by atoms with Crippen molar-refractivity contribution in [2.24, 2.45) is 23.7 Å². The van der Waals surface area contributed by atoms with Gasteiger partial charge in [0.2, 0.25) is 11.8 Å². The van der Waals surface area contributed by atoms with Gasteiger partial charge in [0, 0.05) is 15.7 Å². The summed E-state index contributed by atoms with van der Waals surface area (Å²) in [6.45, 7) is 1.75. The first kappa shape index (κ1) is 13.0. The molecule has 7 heteroatoms. The molecule has 2 saturated carbocycles. The van der Waals surface area contributed by atoms with E-state index in [1.165, 1.54) is 4.90 Å². The van der Waals surface area contributed by atoms with Crippen molar-refractivity contribution >= 4 is 49.5 Å². The number of hydrogen-bond donors (Lipinski definition) is 0. The Morgan fingerprint density at radius 1 is 1.20 bits per heavy atom. The van der Waals surface area contributed by atoms with Crippen molar-refractivity contribution in [2.45, 2.75) is 23.0 Å². The van der Waals surface area contributed by atoms with Gasteiger partial charge in [-0.15, -0.1) is 0 Å². The summed E-state index contributed by atoms with van der Waals surface area (Å²) >= 11 is 7.32. The number of alkyl halides is 2. The Morgan fingerprint density at radius 2 is 1.75 bits per heavy atom. The maximum absolute atomic E-state index is 12.6. The molecule has 1 aromatic heterocycles. The van der Waals surface area contributed by atoms with Crippen molar-refractivity contribution in [3.05, 3.63) is 11.8 Å². The number of aryl methyl sites for hydroxylation is 1. The SMILES string of the molecule is Cc1cc(N2C(=O)[C@@H]3[C@H]4C[C@@H]([C@@H](Br)[C@H]4Br)[C@H]3C2=O)no1. The Balaban J connectivity index is 1.74. The van der Waals surface area contributed by atoms with Gasteiger partial charge < -0.3 is 4.52 Å². The fourth-order valence-corrected chi connectivity index (χ4v) is 5.91. The zero-order valence-electron chi connectivity index (χ0n) is 10.6. The minimum Gasteiger partial charge on any atom is -0.360 e. The van der Waals surface area contributed by atoms with E-state index in [9.17, 15) is 9.59 Å². The summed E-state index contributed by atoms with van der Waals surface area (Å²) in [4.78, 5) is 27.0. The Bertz CT molecular complexity index is 585. The molecule has 0 spiro atoms. The Kier molecular flexibility index (Phi) is 2.71. The van der Waals surface area contributed by atoms with Crippen LogP contribution >= 0.6 is 31.9 Å². The minimum atomic E-state index is -0.206. The molecule has 0 radical (unpaired) electrons. The van der Waals surface area contributed by atoms with Crippen LogP contribution in [0.1, 0.15) is 12.2 Å². The number of aromatic nitrogens is 1.